The van der Waals surface area contributed by atoms with Crippen molar-refractivity contribution in [3.8, 4) is 0 Å². The van der Waals surface area contributed by atoms with Gasteiger partial charge in [-0.3, -0.25) is 4.98 Å². The van der Waals surface area contributed by atoms with Gasteiger partial charge in [0.2, 0.25) is 0 Å². The molecule has 0 amide bonds. The van der Waals surface area contributed by atoms with Gasteiger partial charge in [0.15, 0.2) is 0 Å². The number of anilines is 1. The minimum Gasteiger partial charge on any atom is -0.371 e. The van der Waals surface area contributed by atoms with Gasteiger partial charge in [-0.2, -0.15) is 0 Å². The molecule has 2 aromatic rings. The molecule has 1 aromatic heterocycles. The van der Waals surface area contributed by atoms with Crippen LogP contribution < -0.4 is 10.2 Å². The zero-order valence-electron chi connectivity index (χ0n) is 13.0. The Morgan fingerprint density at radius 3 is 2.65 bits per heavy atom. The normalized spacial score (nSPS) is 11.2. The largest absolute Gasteiger partial charge is 0.371 e. The van der Waals surface area contributed by atoms with Crippen molar-refractivity contribution < 1.29 is 0 Å². The summed E-state index contributed by atoms with van der Waals surface area (Å²) in [7, 11) is 1.96. The monoisotopic (exact) mass is 271 g/mol. The molecule has 0 aliphatic rings. The molecule has 0 radical (unpaired) electrons. The van der Waals surface area contributed by atoms with E-state index in [0.717, 1.165) is 30.8 Å². The lowest BCUT2D eigenvalue weighted by Gasteiger charge is -2.27. The third kappa shape index (κ3) is 3.28. The third-order valence-electron chi connectivity index (χ3n) is 3.41. The van der Waals surface area contributed by atoms with Crippen LogP contribution in [0.25, 0.3) is 10.9 Å². The van der Waals surface area contributed by atoms with E-state index in [4.69, 9.17) is 4.98 Å². The molecule has 2 rings (SSSR count). The number of benzene rings is 1. The fraction of sp³-hybridized carbons (Fsp3) is 0.471. The summed E-state index contributed by atoms with van der Waals surface area (Å²) in [4.78, 5) is 7.18. The number of fused-ring (bicyclic) bond motifs is 1. The quantitative estimate of drug-likeness (QED) is 0.872. The average Bonchev–Trinajstić information content (AvgIpc) is 2.44. The molecule has 0 unspecified atom stereocenters. The SMILES string of the molecule is CCN(CC(C)C)c1cc(CNC)nc2ccccc12. The van der Waals surface area contributed by atoms with Gasteiger partial charge in [0.25, 0.3) is 0 Å². The predicted molar refractivity (Wildman–Crippen MR) is 87.2 cm³/mol. The molecule has 1 heterocycles. The Balaban J connectivity index is 2.52. The van der Waals surface area contributed by atoms with E-state index >= 15 is 0 Å². The molecular weight excluding hydrogens is 246 g/mol. The summed E-state index contributed by atoms with van der Waals surface area (Å²) in [5.41, 5.74) is 3.48. The van der Waals surface area contributed by atoms with Crippen molar-refractivity contribution in [1.29, 1.82) is 0 Å². The minimum absolute atomic E-state index is 0.648. The van der Waals surface area contributed by atoms with E-state index < -0.39 is 0 Å². The number of rotatable bonds is 6. The van der Waals surface area contributed by atoms with Gasteiger partial charge < -0.3 is 10.2 Å². The van der Waals surface area contributed by atoms with Crippen LogP contribution in [0.5, 0.6) is 0 Å². The van der Waals surface area contributed by atoms with Crippen molar-refractivity contribution in [3.63, 3.8) is 0 Å². The maximum absolute atomic E-state index is 4.73. The topological polar surface area (TPSA) is 28.2 Å². The molecule has 0 bridgehead atoms. The Morgan fingerprint density at radius 2 is 2.00 bits per heavy atom. The summed E-state index contributed by atoms with van der Waals surface area (Å²) >= 11 is 0. The van der Waals surface area contributed by atoms with E-state index in [1.165, 1.54) is 11.1 Å². The molecule has 108 valence electrons. The molecule has 0 fully saturated rings. The molecule has 3 nitrogen and oxygen atoms in total. The number of hydrogen-bond acceptors (Lipinski definition) is 3. The first-order valence-corrected chi connectivity index (χ1v) is 7.44. The van der Waals surface area contributed by atoms with E-state index in [1.807, 2.05) is 7.05 Å². The first kappa shape index (κ1) is 14.8. The first-order valence-electron chi connectivity index (χ1n) is 7.44. The number of pyridine rings is 1. The van der Waals surface area contributed by atoms with Gasteiger partial charge in [0, 0.05) is 30.7 Å². The molecular formula is C17H25N3. The second-order valence-electron chi connectivity index (χ2n) is 5.61. The third-order valence-corrected chi connectivity index (χ3v) is 3.41. The summed E-state index contributed by atoms with van der Waals surface area (Å²) < 4.78 is 0. The zero-order valence-corrected chi connectivity index (χ0v) is 13.0. The number of aromatic nitrogens is 1. The van der Waals surface area contributed by atoms with Gasteiger partial charge >= 0.3 is 0 Å². The number of nitrogens with zero attached hydrogens (tertiary/aromatic N) is 2. The van der Waals surface area contributed by atoms with Crippen LogP contribution in [0, 0.1) is 5.92 Å². The second-order valence-corrected chi connectivity index (χ2v) is 5.61. The first-order chi connectivity index (χ1) is 9.65. The Morgan fingerprint density at radius 1 is 1.25 bits per heavy atom. The molecule has 1 N–H and O–H groups in total. The summed E-state index contributed by atoms with van der Waals surface area (Å²) in [6.45, 7) is 9.64. The van der Waals surface area contributed by atoms with Crippen molar-refractivity contribution in [2.75, 3.05) is 25.0 Å². The van der Waals surface area contributed by atoms with Crippen LogP contribution in [0.2, 0.25) is 0 Å². The van der Waals surface area contributed by atoms with Crippen molar-refractivity contribution in [2.24, 2.45) is 5.92 Å². The second kappa shape index (κ2) is 6.71. The van der Waals surface area contributed by atoms with Crippen molar-refractivity contribution in [3.05, 3.63) is 36.0 Å². The van der Waals surface area contributed by atoms with Crippen molar-refractivity contribution >= 4 is 16.6 Å². The molecule has 0 aliphatic heterocycles. The molecule has 0 saturated heterocycles. The summed E-state index contributed by atoms with van der Waals surface area (Å²) in [6, 6.07) is 10.6. The summed E-state index contributed by atoms with van der Waals surface area (Å²) in [6.07, 6.45) is 0. The Hall–Kier alpha value is -1.61. The van der Waals surface area contributed by atoms with Crippen LogP contribution in [-0.2, 0) is 6.54 Å². The van der Waals surface area contributed by atoms with Crippen LogP contribution in [0.1, 0.15) is 26.5 Å². The molecule has 20 heavy (non-hydrogen) atoms. The maximum atomic E-state index is 4.73. The summed E-state index contributed by atoms with van der Waals surface area (Å²) in [5.74, 6) is 0.648. The highest BCUT2D eigenvalue weighted by Gasteiger charge is 2.12. The van der Waals surface area contributed by atoms with Crippen LogP contribution in [-0.4, -0.2) is 25.1 Å². The highest BCUT2D eigenvalue weighted by molar-refractivity contribution is 5.92. The van der Waals surface area contributed by atoms with Gasteiger partial charge in [-0.05, 0) is 32.0 Å². The van der Waals surface area contributed by atoms with E-state index in [-0.39, 0.29) is 0 Å². The smallest absolute Gasteiger partial charge is 0.0726 e. The highest BCUT2D eigenvalue weighted by atomic mass is 15.1. The number of para-hydroxylation sites is 1. The molecule has 0 aliphatic carbocycles. The van der Waals surface area contributed by atoms with Crippen molar-refractivity contribution in [1.82, 2.24) is 10.3 Å². The van der Waals surface area contributed by atoms with Gasteiger partial charge in [-0.25, -0.2) is 0 Å². The Bertz CT molecular complexity index is 563. The molecule has 0 atom stereocenters. The van der Waals surface area contributed by atoms with Crippen LogP contribution >= 0.6 is 0 Å². The van der Waals surface area contributed by atoms with Crippen molar-refractivity contribution in [2.45, 2.75) is 27.3 Å². The lowest BCUT2D eigenvalue weighted by Crippen LogP contribution is -2.27. The van der Waals surface area contributed by atoms with Gasteiger partial charge in [0.1, 0.15) is 0 Å². The molecule has 1 aromatic carbocycles. The maximum Gasteiger partial charge on any atom is 0.0726 e. The van der Waals surface area contributed by atoms with E-state index in [0.29, 0.717) is 5.92 Å². The fourth-order valence-electron chi connectivity index (χ4n) is 2.58. The van der Waals surface area contributed by atoms with E-state index in [9.17, 15) is 0 Å². The Kier molecular flexibility index (Phi) is 4.96. The van der Waals surface area contributed by atoms with E-state index in [1.54, 1.807) is 0 Å². The summed E-state index contributed by atoms with van der Waals surface area (Å²) in [5, 5.41) is 4.44. The minimum atomic E-state index is 0.648. The molecule has 3 heteroatoms. The standard InChI is InChI=1S/C17H25N3/c1-5-20(12-13(2)3)17-10-14(11-18-4)19-16-9-7-6-8-15(16)17/h6-10,13,18H,5,11-12H2,1-4H3. The van der Waals surface area contributed by atoms with Crippen LogP contribution in [0.3, 0.4) is 0 Å². The zero-order chi connectivity index (χ0) is 14.5. The lowest BCUT2D eigenvalue weighted by molar-refractivity contribution is 0.619. The van der Waals surface area contributed by atoms with Gasteiger partial charge in [-0.1, -0.05) is 32.0 Å². The fourth-order valence-corrected chi connectivity index (χ4v) is 2.58. The molecule has 0 saturated carbocycles. The van der Waals surface area contributed by atoms with Crippen LogP contribution in [0.15, 0.2) is 30.3 Å². The molecule has 0 spiro atoms. The average molecular weight is 271 g/mol. The van der Waals surface area contributed by atoms with Gasteiger partial charge in [-0.15, -0.1) is 0 Å². The van der Waals surface area contributed by atoms with Crippen LogP contribution in [0.4, 0.5) is 5.69 Å². The lowest BCUT2D eigenvalue weighted by atomic mass is 10.1. The number of nitrogens with one attached hydrogen (secondary N) is 1. The highest BCUT2D eigenvalue weighted by Crippen LogP contribution is 2.27. The van der Waals surface area contributed by atoms with E-state index in [2.05, 4.69) is 61.3 Å². The number of hydrogen-bond donors (Lipinski definition) is 1. The van der Waals surface area contributed by atoms with Gasteiger partial charge in [0.05, 0.1) is 11.2 Å². The Labute approximate surface area is 122 Å². The predicted octanol–water partition coefficient (Wildman–Crippen LogP) is 3.44.